The lowest BCUT2D eigenvalue weighted by Gasteiger charge is -2.14. The first kappa shape index (κ1) is 22.0. The van der Waals surface area contributed by atoms with Crippen LogP contribution in [0.3, 0.4) is 0 Å². The molecule has 0 amide bonds. The zero-order valence-electron chi connectivity index (χ0n) is 15.8. The smallest absolute Gasteiger partial charge is 0.104 e. The minimum atomic E-state index is 0.190. The van der Waals surface area contributed by atoms with Crippen LogP contribution in [0.15, 0.2) is 0 Å². The number of epoxide rings is 3. The van der Waals surface area contributed by atoms with Crippen LogP contribution in [-0.4, -0.2) is 86.0 Å². The standard InChI is InChI=1S/C9H18O3.C7H12O2.C3H6O2/c10-5-3-1-2-4-6-11-7-9-8-12-9;8-4-5-1-2-6-7(3-5)9-6;4-1-3-2-5-3/h9-10H,1-8H2;5-8H,1-4H2;3-4H,1-2H2. The van der Waals surface area contributed by atoms with Gasteiger partial charge in [-0.3, -0.25) is 0 Å². The fourth-order valence-electron chi connectivity index (χ4n) is 2.87. The van der Waals surface area contributed by atoms with E-state index in [1.54, 1.807) is 0 Å². The van der Waals surface area contributed by atoms with Gasteiger partial charge in [-0.05, 0) is 38.0 Å². The highest BCUT2D eigenvalue weighted by atomic mass is 16.6. The number of ether oxygens (including phenoxy) is 4. The van der Waals surface area contributed by atoms with Crippen LogP contribution in [0.2, 0.25) is 0 Å². The van der Waals surface area contributed by atoms with Crippen LogP contribution in [0.1, 0.15) is 44.9 Å². The Morgan fingerprint density at radius 3 is 2.08 bits per heavy atom. The summed E-state index contributed by atoms with van der Waals surface area (Å²) in [6.45, 7) is 4.11. The highest BCUT2D eigenvalue weighted by molar-refractivity contribution is 4.91. The van der Waals surface area contributed by atoms with Gasteiger partial charge >= 0.3 is 0 Å². The van der Waals surface area contributed by atoms with Gasteiger partial charge in [0.05, 0.1) is 38.6 Å². The molecule has 0 aromatic rings. The molecule has 4 fully saturated rings. The van der Waals surface area contributed by atoms with E-state index >= 15 is 0 Å². The predicted molar refractivity (Wildman–Crippen MR) is 96.0 cm³/mol. The van der Waals surface area contributed by atoms with E-state index in [0.29, 0.717) is 37.4 Å². The van der Waals surface area contributed by atoms with E-state index in [1.807, 2.05) is 0 Å². The largest absolute Gasteiger partial charge is 0.396 e. The molecule has 3 heterocycles. The Morgan fingerprint density at radius 2 is 1.54 bits per heavy atom. The molecule has 5 unspecified atom stereocenters. The molecule has 1 saturated carbocycles. The zero-order valence-corrected chi connectivity index (χ0v) is 15.8. The lowest BCUT2D eigenvalue weighted by Crippen LogP contribution is -2.16. The molecule has 5 atom stereocenters. The maximum Gasteiger partial charge on any atom is 0.104 e. The summed E-state index contributed by atoms with van der Waals surface area (Å²) in [5, 5.41) is 25.4. The molecule has 7 nitrogen and oxygen atoms in total. The van der Waals surface area contributed by atoms with Crippen molar-refractivity contribution < 1.29 is 34.3 Å². The molecule has 4 aliphatic rings. The van der Waals surface area contributed by atoms with Gasteiger partial charge in [-0.1, -0.05) is 12.8 Å². The van der Waals surface area contributed by atoms with Crippen LogP contribution in [0, 0.1) is 5.92 Å². The molecule has 0 aromatic carbocycles. The van der Waals surface area contributed by atoms with E-state index < -0.39 is 0 Å². The average Bonchev–Trinajstić information content (AvgIpc) is 3.53. The van der Waals surface area contributed by atoms with E-state index in [2.05, 4.69) is 4.74 Å². The van der Waals surface area contributed by atoms with Crippen LogP contribution in [0.25, 0.3) is 0 Å². The fourth-order valence-corrected chi connectivity index (χ4v) is 2.87. The average molecular weight is 376 g/mol. The van der Waals surface area contributed by atoms with Crippen molar-refractivity contribution in [1.29, 1.82) is 0 Å². The number of aliphatic hydroxyl groups is 3. The van der Waals surface area contributed by atoms with Crippen molar-refractivity contribution in [3.05, 3.63) is 0 Å². The van der Waals surface area contributed by atoms with Crippen molar-refractivity contribution in [3.8, 4) is 0 Å². The second-order valence-electron chi connectivity index (χ2n) is 7.38. The molecule has 0 radical (unpaired) electrons. The first-order valence-corrected chi connectivity index (χ1v) is 10.1. The Bertz CT molecular complexity index is 347. The molecule has 154 valence electrons. The van der Waals surface area contributed by atoms with Gasteiger partial charge in [0.1, 0.15) is 12.2 Å². The van der Waals surface area contributed by atoms with Crippen molar-refractivity contribution in [2.75, 3.05) is 46.2 Å². The quantitative estimate of drug-likeness (QED) is 0.384. The molecule has 7 heteroatoms. The van der Waals surface area contributed by atoms with E-state index in [-0.39, 0.29) is 12.7 Å². The molecule has 3 N–H and O–H groups in total. The number of unbranched alkanes of at least 4 members (excludes halogenated alkanes) is 3. The Balaban J connectivity index is 0.000000152. The number of hydrogen-bond donors (Lipinski definition) is 3. The molecule has 4 rings (SSSR count). The molecule has 0 spiro atoms. The van der Waals surface area contributed by atoms with Gasteiger partial charge in [0.15, 0.2) is 0 Å². The monoisotopic (exact) mass is 376 g/mol. The second kappa shape index (κ2) is 13.0. The fraction of sp³-hybridized carbons (Fsp3) is 1.00. The second-order valence-corrected chi connectivity index (χ2v) is 7.38. The normalized spacial score (nSPS) is 33.1. The topological polar surface area (TPSA) is 108 Å². The lowest BCUT2D eigenvalue weighted by atomic mass is 9.90. The van der Waals surface area contributed by atoms with Crippen molar-refractivity contribution >= 4 is 0 Å². The summed E-state index contributed by atoms with van der Waals surface area (Å²) in [5.41, 5.74) is 0. The number of hydrogen-bond acceptors (Lipinski definition) is 7. The summed E-state index contributed by atoms with van der Waals surface area (Å²) in [6, 6.07) is 0. The first-order chi connectivity index (χ1) is 12.8. The van der Waals surface area contributed by atoms with Crippen LogP contribution in [0.5, 0.6) is 0 Å². The maximum absolute atomic E-state index is 8.77. The van der Waals surface area contributed by atoms with Gasteiger partial charge in [0, 0.05) is 19.8 Å². The third kappa shape index (κ3) is 10.8. The highest BCUT2D eigenvalue weighted by Crippen LogP contribution is 2.38. The van der Waals surface area contributed by atoms with Crippen molar-refractivity contribution in [1.82, 2.24) is 0 Å². The van der Waals surface area contributed by atoms with Crippen molar-refractivity contribution in [2.24, 2.45) is 5.92 Å². The van der Waals surface area contributed by atoms with E-state index in [4.69, 9.17) is 29.5 Å². The number of fused-ring (bicyclic) bond motifs is 1. The Kier molecular flexibility index (Phi) is 11.0. The molecule has 26 heavy (non-hydrogen) atoms. The van der Waals surface area contributed by atoms with E-state index in [0.717, 1.165) is 65.0 Å². The van der Waals surface area contributed by atoms with Gasteiger partial charge < -0.3 is 34.3 Å². The zero-order chi connectivity index (χ0) is 18.6. The molecular formula is C19H36O7. The molecular weight excluding hydrogens is 340 g/mol. The number of rotatable bonds is 10. The Labute approximate surface area is 156 Å². The third-order valence-corrected chi connectivity index (χ3v) is 4.88. The highest BCUT2D eigenvalue weighted by Gasteiger charge is 2.43. The van der Waals surface area contributed by atoms with Crippen LogP contribution in [0.4, 0.5) is 0 Å². The number of aliphatic hydroxyl groups excluding tert-OH is 3. The molecule has 0 aromatic heterocycles. The van der Waals surface area contributed by atoms with Crippen LogP contribution < -0.4 is 0 Å². The van der Waals surface area contributed by atoms with Crippen LogP contribution in [-0.2, 0) is 18.9 Å². The van der Waals surface area contributed by atoms with Crippen LogP contribution >= 0.6 is 0 Å². The van der Waals surface area contributed by atoms with E-state index in [9.17, 15) is 0 Å². The van der Waals surface area contributed by atoms with Gasteiger partial charge in [0.25, 0.3) is 0 Å². The summed E-state index contributed by atoms with van der Waals surface area (Å²) in [7, 11) is 0. The first-order valence-electron chi connectivity index (χ1n) is 10.1. The van der Waals surface area contributed by atoms with Crippen molar-refractivity contribution in [3.63, 3.8) is 0 Å². The lowest BCUT2D eigenvalue weighted by molar-refractivity contribution is 0.112. The van der Waals surface area contributed by atoms with Gasteiger partial charge in [-0.25, -0.2) is 0 Å². The van der Waals surface area contributed by atoms with Gasteiger partial charge in [0.2, 0.25) is 0 Å². The molecule has 0 bridgehead atoms. The Morgan fingerprint density at radius 1 is 0.808 bits per heavy atom. The minimum absolute atomic E-state index is 0.190. The summed E-state index contributed by atoms with van der Waals surface area (Å²) in [4.78, 5) is 0. The molecule has 3 aliphatic heterocycles. The van der Waals surface area contributed by atoms with Gasteiger partial charge in [-0.15, -0.1) is 0 Å². The summed E-state index contributed by atoms with van der Waals surface area (Å²) in [5.74, 6) is 0.536. The minimum Gasteiger partial charge on any atom is -0.396 e. The van der Waals surface area contributed by atoms with Gasteiger partial charge in [-0.2, -0.15) is 0 Å². The molecule has 3 saturated heterocycles. The Hall–Kier alpha value is -0.280. The summed E-state index contributed by atoms with van der Waals surface area (Å²) in [6.07, 6.45) is 9.42. The van der Waals surface area contributed by atoms with Crippen molar-refractivity contribution in [2.45, 2.75) is 69.4 Å². The molecule has 1 aliphatic carbocycles. The van der Waals surface area contributed by atoms with E-state index in [1.165, 1.54) is 6.42 Å². The third-order valence-electron chi connectivity index (χ3n) is 4.88. The SMILES string of the molecule is OCC1CCC2OC2C1.OCC1CO1.OCCCCCCOCC1CO1. The maximum atomic E-state index is 8.77. The summed E-state index contributed by atoms with van der Waals surface area (Å²) < 4.78 is 20.3. The predicted octanol–water partition coefficient (Wildman–Crippen LogP) is 0.878. The summed E-state index contributed by atoms with van der Waals surface area (Å²) >= 11 is 0.